The van der Waals surface area contributed by atoms with Crippen LogP contribution in [0.15, 0.2) is 42.7 Å². The molecule has 0 unspecified atom stereocenters. The number of rotatable bonds is 10. The fraction of sp³-hybridized carbons (Fsp3) is 0.304. The molecular formula is C23H25Cl2N5O4. The molecule has 3 aromatic rings. The highest BCUT2D eigenvalue weighted by molar-refractivity contribution is 6.36. The second-order valence-electron chi connectivity index (χ2n) is 7.93. The van der Waals surface area contributed by atoms with E-state index in [0.29, 0.717) is 45.4 Å². The number of carbonyl (C=O) groups is 1. The van der Waals surface area contributed by atoms with Crippen molar-refractivity contribution in [1.82, 2.24) is 14.9 Å². The molecule has 0 aliphatic heterocycles. The van der Waals surface area contributed by atoms with Gasteiger partial charge in [0.2, 0.25) is 5.82 Å². The highest BCUT2D eigenvalue weighted by atomic mass is 35.5. The number of anilines is 1. The molecular weight excluding hydrogens is 481 g/mol. The van der Waals surface area contributed by atoms with E-state index in [9.17, 15) is 20.0 Å². The number of nitro groups is 1. The number of hydrogen-bond donors (Lipinski definition) is 3. The quantitative estimate of drug-likeness (QED) is 0.211. The fourth-order valence-corrected chi connectivity index (χ4v) is 4.00. The molecule has 0 fully saturated rings. The van der Waals surface area contributed by atoms with Crippen molar-refractivity contribution in [3.8, 4) is 11.1 Å². The van der Waals surface area contributed by atoms with E-state index in [-0.39, 0.29) is 24.0 Å². The van der Waals surface area contributed by atoms with Crippen LogP contribution in [0.2, 0.25) is 10.0 Å². The number of aromatic nitrogens is 2. The van der Waals surface area contributed by atoms with Crippen molar-refractivity contribution in [1.29, 1.82) is 0 Å². The first-order valence-corrected chi connectivity index (χ1v) is 11.4. The van der Waals surface area contributed by atoms with Crippen molar-refractivity contribution in [3.05, 3.63) is 74.1 Å². The molecule has 3 rings (SSSR count). The van der Waals surface area contributed by atoms with Gasteiger partial charge < -0.3 is 20.7 Å². The molecule has 2 heterocycles. The number of aliphatic hydroxyl groups is 1. The zero-order valence-electron chi connectivity index (χ0n) is 18.5. The Hall–Kier alpha value is -3.14. The average Bonchev–Trinajstić information content (AvgIpc) is 3.20. The monoisotopic (exact) mass is 505 g/mol. The predicted molar refractivity (Wildman–Crippen MR) is 132 cm³/mol. The van der Waals surface area contributed by atoms with Gasteiger partial charge in [-0.3, -0.25) is 14.9 Å². The number of pyridine rings is 1. The van der Waals surface area contributed by atoms with Crippen LogP contribution in [-0.4, -0.2) is 38.1 Å². The molecule has 11 heteroatoms. The van der Waals surface area contributed by atoms with E-state index < -0.39 is 11.0 Å². The Kier molecular flexibility index (Phi) is 8.49. The molecule has 1 atom stereocenters. The summed E-state index contributed by atoms with van der Waals surface area (Å²) in [5.74, 6) is -0.406. The third-order valence-electron chi connectivity index (χ3n) is 5.25. The van der Waals surface area contributed by atoms with Crippen LogP contribution in [0.5, 0.6) is 0 Å². The van der Waals surface area contributed by atoms with E-state index in [1.807, 2.05) is 10.8 Å². The van der Waals surface area contributed by atoms with Crippen LogP contribution in [0.1, 0.15) is 35.8 Å². The smallest absolute Gasteiger partial charge is 0.311 e. The SMILES string of the molecule is C[C@@H](CO)NC(=O)c1cn(CCCCc2ccc([N+](=O)[O-])c(N)n2)cc1-c1ccc(Cl)cc1Cl. The topological polar surface area (TPSA) is 136 Å². The highest BCUT2D eigenvalue weighted by Gasteiger charge is 2.19. The predicted octanol–water partition coefficient (Wildman–Crippen LogP) is 4.48. The van der Waals surface area contributed by atoms with Gasteiger partial charge in [0, 0.05) is 57.9 Å². The van der Waals surface area contributed by atoms with Gasteiger partial charge in [0.05, 0.1) is 17.1 Å². The lowest BCUT2D eigenvalue weighted by Crippen LogP contribution is -2.35. The minimum Gasteiger partial charge on any atom is -0.394 e. The van der Waals surface area contributed by atoms with Crippen molar-refractivity contribution >= 4 is 40.6 Å². The normalized spacial score (nSPS) is 11.9. The molecule has 0 radical (unpaired) electrons. The maximum absolute atomic E-state index is 12.8. The molecule has 0 spiro atoms. The minimum absolute atomic E-state index is 0.0924. The first-order chi connectivity index (χ1) is 16.2. The van der Waals surface area contributed by atoms with Gasteiger partial charge >= 0.3 is 5.69 Å². The minimum atomic E-state index is -0.558. The molecule has 180 valence electrons. The lowest BCUT2D eigenvalue weighted by Gasteiger charge is -2.11. The number of amides is 1. The molecule has 0 saturated heterocycles. The van der Waals surface area contributed by atoms with Gasteiger partial charge in [-0.2, -0.15) is 0 Å². The Labute approximate surface area is 206 Å². The summed E-state index contributed by atoms with van der Waals surface area (Å²) in [4.78, 5) is 27.3. The molecule has 2 aromatic heterocycles. The highest BCUT2D eigenvalue weighted by Crippen LogP contribution is 2.33. The van der Waals surface area contributed by atoms with Gasteiger partial charge in [-0.25, -0.2) is 4.98 Å². The standard InChI is InChI=1S/C23H25Cl2N5O4/c1-14(13-31)27-23(32)19-12-29(11-18(19)17-7-5-15(24)10-20(17)25)9-3-2-4-16-6-8-21(30(33)34)22(26)28-16/h5-8,10-12,14,31H,2-4,9,13H2,1H3,(H2,26,28)(H,27,32)/t14-/m0/s1. The summed E-state index contributed by atoms with van der Waals surface area (Å²) in [6.45, 7) is 2.16. The number of halogens is 2. The van der Waals surface area contributed by atoms with Crippen LogP contribution in [-0.2, 0) is 13.0 Å². The van der Waals surface area contributed by atoms with E-state index in [1.54, 1.807) is 37.4 Å². The number of nitrogens with two attached hydrogens (primary N) is 1. The van der Waals surface area contributed by atoms with Crippen LogP contribution in [0.4, 0.5) is 11.5 Å². The number of benzene rings is 1. The largest absolute Gasteiger partial charge is 0.394 e. The van der Waals surface area contributed by atoms with Crippen molar-refractivity contribution in [2.45, 2.75) is 38.8 Å². The van der Waals surface area contributed by atoms with Crippen LogP contribution >= 0.6 is 23.2 Å². The number of aryl methyl sites for hydroxylation is 2. The molecule has 0 saturated carbocycles. The van der Waals surface area contributed by atoms with Crippen molar-refractivity contribution in [3.63, 3.8) is 0 Å². The Morgan fingerprint density at radius 3 is 2.65 bits per heavy atom. The summed E-state index contributed by atoms with van der Waals surface area (Å²) in [5, 5.41) is 23.9. The van der Waals surface area contributed by atoms with E-state index in [0.717, 1.165) is 12.8 Å². The lowest BCUT2D eigenvalue weighted by molar-refractivity contribution is -0.384. The molecule has 4 N–H and O–H groups in total. The van der Waals surface area contributed by atoms with Crippen molar-refractivity contribution in [2.75, 3.05) is 12.3 Å². The molecule has 1 amide bonds. The van der Waals surface area contributed by atoms with Crippen molar-refractivity contribution in [2.24, 2.45) is 0 Å². The summed E-state index contributed by atoms with van der Waals surface area (Å²) >= 11 is 12.4. The second kappa shape index (κ2) is 11.3. The summed E-state index contributed by atoms with van der Waals surface area (Å²) < 4.78 is 1.91. The zero-order chi connectivity index (χ0) is 24.8. The maximum atomic E-state index is 12.8. The summed E-state index contributed by atoms with van der Waals surface area (Å²) in [6.07, 6.45) is 5.76. The molecule has 0 bridgehead atoms. The third kappa shape index (κ3) is 6.25. The third-order valence-corrected chi connectivity index (χ3v) is 5.80. The number of nitrogens with zero attached hydrogens (tertiary/aromatic N) is 3. The average molecular weight is 506 g/mol. The van der Waals surface area contributed by atoms with Crippen LogP contribution in [0, 0.1) is 10.1 Å². The van der Waals surface area contributed by atoms with Crippen LogP contribution < -0.4 is 11.1 Å². The molecule has 1 aromatic carbocycles. The Bertz CT molecular complexity index is 1200. The summed E-state index contributed by atoms with van der Waals surface area (Å²) in [5.41, 5.74) is 7.92. The van der Waals surface area contributed by atoms with Gasteiger partial charge in [-0.1, -0.05) is 29.3 Å². The Balaban J connectivity index is 1.73. The number of unbranched alkanes of at least 4 members (excludes halogenated alkanes) is 1. The van der Waals surface area contributed by atoms with E-state index in [4.69, 9.17) is 28.9 Å². The zero-order valence-corrected chi connectivity index (χ0v) is 20.0. The van der Waals surface area contributed by atoms with Crippen LogP contribution in [0.3, 0.4) is 0 Å². The number of nitrogen functional groups attached to an aromatic ring is 1. The lowest BCUT2D eigenvalue weighted by atomic mass is 10.0. The number of aliphatic hydroxyl groups excluding tert-OH is 1. The summed E-state index contributed by atoms with van der Waals surface area (Å²) in [7, 11) is 0. The van der Waals surface area contributed by atoms with E-state index in [2.05, 4.69) is 10.3 Å². The first kappa shape index (κ1) is 25.5. The Morgan fingerprint density at radius 1 is 1.24 bits per heavy atom. The summed E-state index contributed by atoms with van der Waals surface area (Å²) in [6, 6.07) is 7.67. The van der Waals surface area contributed by atoms with Crippen molar-refractivity contribution < 1.29 is 14.8 Å². The molecule has 34 heavy (non-hydrogen) atoms. The van der Waals surface area contributed by atoms with E-state index >= 15 is 0 Å². The van der Waals surface area contributed by atoms with Gasteiger partial charge in [-0.15, -0.1) is 0 Å². The maximum Gasteiger partial charge on any atom is 0.311 e. The van der Waals surface area contributed by atoms with E-state index in [1.165, 1.54) is 6.07 Å². The number of hydrogen-bond acceptors (Lipinski definition) is 6. The molecule has 0 aliphatic carbocycles. The second-order valence-corrected chi connectivity index (χ2v) is 8.77. The van der Waals surface area contributed by atoms with Gasteiger partial charge in [0.1, 0.15) is 0 Å². The fourth-order valence-electron chi connectivity index (χ4n) is 3.49. The van der Waals surface area contributed by atoms with Crippen LogP contribution in [0.25, 0.3) is 11.1 Å². The number of nitrogens with one attached hydrogen (secondary N) is 1. The number of carbonyl (C=O) groups excluding carboxylic acids is 1. The molecule has 0 aliphatic rings. The Morgan fingerprint density at radius 2 is 2.00 bits per heavy atom. The van der Waals surface area contributed by atoms with Gasteiger partial charge in [0.25, 0.3) is 5.91 Å². The van der Waals surface area contributed by atoms with Gasteiger partial charge in [0.15, 0.2) is 0 Å². The van der Waals surface area contributed by atoms with Gasteiger partial charge in [-0.05, 0) is 44.4 Å². The molecule has 9 nitrogen and oxygen atoms in total. The first-order valence-electron chi connectivity index (χ1n) is 10.7.